The maximum atomic E-state index is 13.5. The zero-order valence-electron chi connectivity index (χ0n) is 16.0. The standard InChI is InChI=1S/C20H20ClF3N2O3/c1-10(2)12-7-13(21)11(3)6-16(12)29-9-18(28)25-8-17(27)26-15-5-4-14(22)19(23)20(15)24/h4-7,10H,8-9H2,1-3H3,(H,25,28)(H,26,27). The highest BCUT2D eigenvalue weighted by Crippen LogP contribution is 2.31. The number of nitrogens with one attached hydrogen (secondary N) is 2. The number of amides is 2. The van der Waals surface area contributed by atoms with Crippen LogP contribution in [0.4, 0.5) is 18.9 Å². The number of ether oxygens (including phenoxy) is 1. The molecule has 156 valence electrons. The first-order chi connectivity index (χ1) is 13.6. The molecular formula is C20H20ClF3N2O3. The fraction of sp³-hybridized carbons (Fsp3) is 0.300. The first-order valence-corrected chi connectivity index (χ1v) is 9.10. The summed E-state index contributed by atoms with van der Waals surface area (Å²) >= 11 is 6.12. The lowest BCUT2D eigenvalue weighted by Gasteiger charge is -2.16. The van der Waals surface area contributed by atoms with Crippen LogP contribution in [0.2, 0.25) is 5.02 Å². The van der Waals surface area contributed by atoms with E-state index in [4.69, 9.17) is 16.3 Å². The van der Waals surface area contributed by atoms with Crippen LogP contribution in [0.1, 0.15) is 30.9 Å². The second kappa shape index (κ2) is 9.65. The van der Waals surface area contributed by atoms with Crippen LogP contribution in [0.15, 0.2) is 24.3 Å². The van der Waals surface area contributed by atoms with Crippen LogP contribution in [0, 0.1) is 24.4 Å². The molecule has 0 atom stereocenters. The van der Waals surface area contributed by atoms with Crippen molar-refractivity contribution < 1.29 is 27.5 Å². The van der Waals surface area contributed by atoms with Crippen LogP contribution < -0.4 is 15.4 Å². The second-order valence-electron chi connectivity index (χ2n) is 6.63. The number of benzene rings is 2. The Kier molecular flexibility index (Phi) is 7.50. The van der Waals surface area contributed by atoms with E-state index in [1.807, 2.05) is 13.8 Å². The van der Waals surface area contributed by atoms with Crippen molar-refractivity contribution in [3.63, 3.8) is 0 Å². The Morgan fingerprint density at radius 1 is 1.10 bits per heavy atom. The Labute approximate surface area is 171 Å². The summed E-state index contributed by atoms with van der Waals surface area (Å²) in [5.74, 6) is -5.37. The number of rotatable bonds is 7. The van der Waals surface area contributed by atoms with Crippen molar-refractivity contribution in [2.24, 2.45) is 0 Å². The Morgan fingerprint density at radius 3 is 2.45 bits per heavy atom. The van der Waals surface area contributed by atoms with Gasteiger partial charge in [0.1, 0.15) is 5.75 Å². The quantitative estimate of drug-likeness (QED) is 0.645. The zero-order chi connectivity index (χ0) is 21.7. The molecule has 0 saturated carbocycles. The predicted octanol–water partition coefficient (Wildman–Crippen LogP) is 4.32. The molecule has 0 fully saturated rings. The largest absolute Gasteiger partial charge is 0.483 e. The molecule has 0 aliphatic rings. The van der Waals surface area contributed by atoms with E-state index in [1.54, 1.807) is 19.1 Å². The molecule has 0 saturated heterocycles. The van der Waals surface area contributed by atoms with Gasteiger partial charge in [-0.05, 0) is 48.2 Å². The minimum atomic E-state index is -1.69. The van der Waals surface area contributed by atoms with Crippen molar-refractivity contribution >= 4 is 29.1 Å². The molecule has 5 nitrogen and oxygen atoms in total. The van der Waals surface area contributed by atoms with Crippen LogP contribution in [-0.2, 0) is 9.59 Å². The normalized spacial score (nSPS) is 10.8. The molecular weight excluding hydrogens is 409 g/mol. The van der Waals surface area contributed by atoms with Gasteiger partial charge >= 0.3 is 0 Å². The minimum absolute atomic E-state index is 0.114. The molecule has 2 aromatic carbocycles. The first-order valence-electron chi connectivity index (χ1n) is 8.73. The van der Waals surface area contributed by atoms with Gasteiger partial charge < -0.3 is 15.4 Å². The lowest BCUT2D eigenvalue weighted by Crippen LogP contribution is -2.36. The van der Waals surface area contributed by atoms with Gasteiger partial charge in [-0.2, -0.15) is 0 Å². The zero-order valence-corrected chi connectivity index (χ0v) is 16.8. The van der Waals surface area contributed by atoms with Crippen LogP contribution in [-0.4, -0.2) is 25.0 Å². The molecule has 2 N–H and O–H groups in total. The van der Waals surface area contributed by atoms with E-state index >= 15 is 0 Å². The molecule has 2 aromatic rings. The van der Waals surface area contributed by atoms with Gasteiger partial charge in [0.2, 0.25) is 5.91 Å². The average Bonchev–Trinajstić information content (AvgIpc) is 2.67. The maximum absolute atomic E-state index is 13.5. The smallest absolute Gasteiger partial charge is 0.258 e. The number of carbonyl (C=O) groups excluding carboxylic acids is 2. The molecule has 9 heteroatoms. The van der Waals surface area contributed by atoms with Gasteiger partial charge in [0.05, 0.1) is 12.2 Å². The van der Waals surface area contributed by atoms with E-state index < -0.39 is 41.5 Å². The number of halogens is 4. The van der Waals surface area contributed by atoms with Gasteiger partial charge in [-0.25, -0.2) is 13.2 Å². The Morgan fingerprint density at radius 2 is 1.79 bits per heavy atom. The molecule has 2 rings (SSSR count). The summed E-state index contributed by atoms with van der Waals surface area (Å²) in [6.45, 7) is 4.86. The van der Waals surface area contributed by atoms with E-state index in [1.165, 1.54) is 0 Å². The molecule has 0 heterocycles. The number of hydrogen-bond donors (Lipinski definition) is 2. The summed E-state index contributed by atoms with van der Waals surface area (Å²) in [6.07, 6.45) is 0. The third-order valence-corrected chi connectivity index (χ3v) is 4.43. The number of hydrogen-bond acceptors (Lipinski definition) is 3. The molecule has 0 unspecified atom stereocenters. The highest BCUT2D eigenvalue weighted by molar-refractivity contribution is 6.31. The van der Waals surface area contributed by atoms with Crippen molar-refractivity contribution in [1.29, 1.82) is 0 Å². The second-order valence-corrected chi connectivity index (χ2v) is 7.04. The van der Waals surface area contributed by atoms with E-state index in [9.17, 15) is 22.8 Å². The molecule has 0 aromatic heterocycles. The van der Waals surface area contributed by atoms with E-state index in [0.29, 0.717) is 16.8 Å². The molecule has 0 aliphatic carbocycles. The fourth-order valence-corrected chi connectivity index (χ4v) is 2.61. The van der Waals surface area contributed by atoms with Gasteiger partial charge in [0.15, 0.2) is 24.1 Å². The summed E-state index contributed by atoms with van der Waals surface area (Å²) < 4.78 is 45.1. The first kappa shape index (κ1) is 22.5. The molecule has 29 heavy (non-hydrogen) atoms. The van der Waals surface area contributed by atoms with Crippen molar-refractivity contribution in [3.05, 3.63) is 57.9 Å². The Hall–Kier alpha value is -2.74. The van der Waals surface area contributed by atoms with Crippen LogP contribution >= 0.6 is 11.6 Å². The highest BCUT2D eigenvalue weighted by Gasteiger charge is 2.16. The predicted molar refractivity (Wildman–Crippen MR) is 104 cm³/mol. The molecule has 0 radical (unpaired) electrons. The highest BCUT2D eigenvalue weighted by atomic mass is 35.5. The van der Waals surface area contributed by atoms with Gasteiger partial charge in [0, 0.05) is 5.02 Å². The van der Waals surface area contributed by atoms with Gasteiger partial charge in [-0.15, -0.1) is 0 Å². The Balaban J connectivity index is 1.90. The van der Waals surface area contributed by atoms with Gasteiger partial charge in [-0.1, -0.05) is 25.4 Å². The van der Waals surface area contributed by atoms with E-state index in [-0.39, 0.29) is 12.5 Å². The van der Waals surface area contributed by atoms with Crippen molar-refractivity contribution in [2.45, 2.75) is 26.7 Å². The summed E-state index contributed by atoms with van der Waals surface area (Å²) in [5.41, 5.74) is 1.09. The third kappa shape index (κ3) is 5.87. The number of aryl methyl sites for hydroxylation is 1. The van der Waals surface area contributed by atoms with Crippen LogP contribution in [0.3, 0.4) is 0 Å². The summed E-state index contributed by atoms with van der Waals surface area (Å²) in [4.78, 5) is 23.7. The number of anilines is 1. The maximum Gasteiger partial charge on any atom is 0.258 e. The molecule has 0 spiro atoms. The average molecular weight is 429 g/mol. The van der Waals surface area contributed by atoms with Gasteiger partial charge in [-0.3, -0.25) is 9.59 Å². The van der Waals surface area contributed by atoms with Crippen LogP contribution in [0.5, 0.6) is 5.75 Å². The van der Waals surface area contributed by atoms with Gasteiger partial charge in [0.25, 0.3) is 5.91 Å². The van der Waals surface area contributed by atoms with Crippen LogP contribution in [0.25, 0.3) is 0 Å². The third-order valence-electron chi connectivity index (χ3n) is 4.03. The fourth-order valence-electron chi connectivity index (χ4n) is 2.44. The molecule has 2 amide bonds. The topological polar surface area (TPSA) is 67.4 Å². The summed E-state index contributed by atoms with van der Waals surface area (Å²) in [5, 5.41) is 4.94. The Bertz CT molecular complexity index is 936. The molecule has 0 aliphatic heterocycles. The summed E-state index contributed by atoms with van der Waals surface area (Å²) in [6, 6.07) is 5.07. The SMILES string of the molecule is Cc1cc(OCC(=O)NCC(=O)Nc2ccc(F)c(F)c2F)c(C(C)C)cc1Cl. The lowest BCUT2D eigenvalue weighted by molar-refractivity contribution is -0.125. The summed E-state index contributed by atoms with van der Waals surface area (Å²) in [7, 11) is 0. The van der Waals surface area contributed by atoms with E-state index in [2.05, 4.69) is 10.6 Å². The van der Waals surface area contributed by atoms with Crippen molar-refractivity contribution in [1.82, 2.24) is 5.32 Å². The minimum Gasteiger partial charge on any atom is -0.483 e. The van der Waals surface area contributed by atoms with E-state index in [0.717, 1.165) is 17.2 Å². The van der Waals surface area contributed by atoms with Crippen molar-refractivity contribution in [3.8, 4) is 5.75 Å². The lowest BCUT2D eigenvalue weighted by atomic mass is 10.0. The monoisotopic (exact) mass is 428 g/mol. The molecule has 0 bridgehead atoms. The van der Waals surface area contributed by atoms with Crippen molar-refractivity contribution in [2.75, 3.05) is 18.5 Å². The number of carbonyl (C=O) groups is 2.